The molecule has 0 bridgehead atoms. The zero-order chi connectivity index (χ0) is 13.2. The number of halogens is 2. The zero-order valence-electron chi connectivity index (χ0n) is 11.3. The van der Waals surface area contributed by atoms with Crippen LogP contribution in [0.2, 0.25) is 0 Å². The Morgan fingerprint density at radius 3 is 2.41 bits per heavy atom. The Hall–Kier alpha value is 0.470. The highest BCUT2D eigenvalue weighted by Gasteiger charge is 2.20. The highest BCUT2D eigenvalue weighted by atomic mass is 79.9. The van der Waals surface area contributed by atoms with Gasteiger partial charge in [-0.05, 0) is 58.7 Å². The average Bonchev–Trinajstić information content (AvgIpc) is 2.43. The van der Waals surface area contributed by atoms with Gasteiger partial charge in [-0.1, -0.05) is 27.7 Å². The summed E-state index contributed by atoms with van der Waals surface area (Å²) in [6.07, 6.45) is 2.28. The highest BCUT2D eigenvalue weighted by Crippen LogP contribution is 2.39. The monoisotopic (exact) mass is 336 g/mol. The third-order valence-corrected chi connectivity index (χ3v) is 5.55. The van der Waals surface area contributed by atoms with Gasteiger partial charge in [0.15, 0.2) is 0 Å². The van der Waals surface area contributed by atoms with Crippen molar-refractivity contribution in [2.24, 2.45) is 11.3 Å². The number of hydrogen-bond donors (Lipinski definition) is 0. The van der Waals surface area contributed by atoms with E-state index in [2.05, 4.69) is 56.6 Å². The average molecular weight is 338 g/mol. The Kier molecular flexibility index (Phi) is 5.55. The molecule has 0 radical (unpaired) electrons. The lowest BCUT2D eigenvalue weighted by molar-refractivity contribution is 0.295. The van der Waals surface area contributed by atoms with Crippen LogP contribution in [0.15, 0.2) is 9.85 Å². The lowest BCUT2D eigenvalue weighted by Gasteiger charge is -2.24. The molecule has 1 aromatic rings. The Morgan fingerprint density at radius 1 is 1.41 bits per heavy atom. The van der Waals surface area contributed by atoms with E-state index in [1.165, 1.54) is 20.6 Å². The summed E-state index contributed by atoms with van der Waals surface area (Å²) in [6, 6.07) is 2.20. The fourth-order valence-electron chi connectivity index (χ4n) is 2.24. The van der Waals surface area contributed by atoms with Crippen LogP contribution < -0.4 is 0 Å². The fraction of sp³-hybridized carbons (Fsp3) is 0.714. The molecule has 98 valence electrons. The molecule has 1 aromatic heterocycles. The van der Waals surface area contributed by atoms with E-state index in [0.717, 1.165) is 6.42 Å². The largest absolute Gasteiger partial charge is 0.131 e. The van der Waals surface area contributed by atoms with Crippen LogP contribution in [0, 0.1) is 18.3 Å². The second-order valence-corrected chi connectivity index (χ2v) is 9.11. The van der Waals surface area contributed by atoms with E-state index in [-0.39, 0.29) is 5.38 Å². The molecule has 0 N–H and O–H groups in total. The van der Waals surface area contributed by atoms with Crippen molar-refractivity contribution in [2.75, 3.05) is 0 Å². The minimum Gasteiger partial charge on any atom is -0.131 e. The van der Waals surface area contributed by atoms with Crippen LogP contribution >= 0.6 is 38.9 Å². The SMILES string of the molecule is Cc1cc(C(Cl)CC(C)CC(C)(C)C)sc1Br. The van der Waals surface area contributed by atoms with E-state index in [1.807, 2.05) is 0 Å². The highest BCUT2D eigenvalue weighted by molar-refractivity contribution is 9.11. The maximum absolute atomic E-state index is 6.50. The van der Waals surface area contributed by atoms with Crippen LogP contribution in [0.3, 0.4) is 0 Å². The molecule has 0 fully saturated rings. The minimum atomic E-state index is 0.155. The van der Waals surface area contributed by atoms with Gasteiger partial charge >= 0.3 is 0 Å². The second kappa shape index (κ2) is 6.08. The summed E-state index contributed by atoms with van der Waals surface area (Å²) in [6.45, 7) is 11.3. The molecule has 2 atom stereocenters. The van der Waals surface area contributed by atoms with Gasteiger partial charge < -0.3 is 0 Å². The molecular formula is C14H22BrClS. The molecule has 0 saturated carbocycles. The maximum Gasteiger partial charge on any atom is 0.0731 e. The minimum absolute atomic E-state index is 0.155. The first-order valence-corrected chi connectivity index (χ1v) is 8.13. The Balaban J connectivity index is 2.57. The Morgan fingerprint density at radius 2 is 2.00 bits per heavy atom. The van der Waals surface area contributed by atoms with Crippen molar-refractivity contribution in [3.05, 3.63) is 20.3 Å². The van der Waals surface area contributed by atoms with Gasteiger partial charge in [0.05, 0.1) is 9.16 Å². The van der Waals surface area contributed by atoms with Crippen LogP contribution in [0.4, 0.5) is 0 Å². The Labute approximate surface area is 123 Å². The first-order chi connectivity index (χ1) is 7.69. The molecule has 0 aliphatic carbocycles. The summed E-state index contributed by atoms with van der Waals surface area (Å²) in [5.74, 6) is 0.665. The van der Waals surface area contributed by atoms with Crippen LogP contribution in [0.5, 0.6) is 0 Å². The molecular weight excluding hydrogens is 316 g/mol. The van der Waals surface area contributed by atoms with Crippen molar-refractivity contribution < 1.29 is 0 Å². The zero-order valence-corrected chi connectivity index (χ0v) is 14.5. The standard InChI is InChI=1S/C14H22BrClS/c1-9(8-14(3,4)5)6-11(16)12-7-10(2)13(15)17-12/h7,9,11H,6,8H2,1-5H3. The summed E-state index contributed by atoms with van der Waals surface area (Å²) in [5.41, 5.74) is 1.68. The van der Waals surface area contributed by atoms with Gasteiger partial charge in [0.2, 0.25) is 0 Å². The van der Waals surface area contributed by atoms with E-state index in [4.69, 9.17) is 11.6 Å². The molecule has 0 aromatic carbocycles. The predicted octanol–water partition coefficient (Wildman–Crippen LogP) is 6.56. The van der Waals surface area contributed by atoms with E-state index in [1.54, 1.807) is 11.3 Å². The molecule has 0 amide bonds. The van der Waals surface area contributed by atoms with E-state index in [0.29, 0.717) is 11.3 Å². The lowest BCUT2D eigenvalue weighted by atomic mass is 9.83. The quantitative estimate of drug-likeness (QED) is 0.546. The first kappa shape index (κ1) is 15.5. The van der Waals surface area contributed by atoms with Gasteiger partial charge in [0.25, 0.3) is 0 Å². The number of thiophene rings is 1. The van der Waals surface area contributed by atoms with Crippen molar-refractivity contribution in [1.82, 2.24) is 0 Å². The van der Waals surface area contributed by atoms with Crippen molar-refractivity contribution in [2.45, 2.75) is 52.8 Å². The number of hydrogen-bond acceptors (Lipinski definition) is 1. The smallest absolute Gasteiger partial charge is 0.0731 e. The van der Waals surface area contributed by atoms with Crippen molar-refractivity contribution >= 4 is 38.9 Å². The first-order valence-electron chi connectivity index (χ1n) is 6.09. The summed E-state index contributed by atoms with van der Waals surface area (Å²) >= 11 is 11.8. The molecule has 1 heterocycles. The predicted molar refractivity (Wildman–Crippen MR) is 83.2 cm³/mol. The van der Waals surface area contributed by atoms with Gasteiger partial charge in [0, 0.05) is 4.88 Å². The Bertz CT molecular complexity index is 345. The third-order valence-electron chi connectivity index (χ3n) is 2.76. The second-order valence-electron chi connectivity index (χ2n) is 6.18. The molecule has 0 aliphatic heterocycles. The fourth-order valence-corrected chi connectivity index (χ4v) is 4.30. The van der Waals surface area contributed by atoms with Crippen LogP contribution in [-0.2, 0) is 0 Å². The van der Waals surface area contributed by atoms with Gasteiger partial charge in [0.1, 0.15) is 0 Å². The van der Waals surface area contributed by atoms with Gasteiger partial charge in [-0.15, -0.1) is 22.9 Å². The van der Waals surface area contributed by atoms with Gasteiger partial charge in [-0.3, -0.25) is 0 Å². The molecule has 17 heavy (non-hydrogen) atoms. The number of aryl methyl sites for hydroxylation is 1. The molecule has 3 heteroatoms. The van der Waals surface area contributed by atoms with E-state index < -0.39 is 0 Å². The third kappa shape index (κ3) is 5.32. The van der Waals surface area contributed by atoms with E-state index >= 15 is 0 Å². The maximum atomic E-state index is 6.50. The lowest BCUT2D eigenvalue weighted by Crippen LogP contribution is -2.12. The van der Waals surface area contributed by atoms with Crippen LogP contribution in [0.25, 0.3) is 0 Å². The summed E-state index contributed by atoms with van der Waals surface area (Å²) in [4.78, 5) is 1.29. The topological polar surface area (TPSA) is 0 Å². The van der Waals surface area contributed by atoms with Gasteiger partial charge in [-0.25, -0.2) is 0 Å². The van der Waals surface area contributed by atoms with Crippen LogP contribution in [0.1, 0.15) is 56.4 Å². The summed E-state index contributed by atoms with van der Waals surface area (Å²) < 4.78 is 1.21. The van der Waals surface area contributed by atoms with Gasteiger partial charge in [-0.2, -0.15) is 0 Å². The number of rotatable bonds is 4. The molecule has 1 rings (SSSR count). The van der Waals surface area contributed by atoms with Crippen molar-refractivity contribution in [3.8, 4) is 0 Å². The van der Waals surface area contributed by atoms with Crippen molar-refractivity contribution in [3.63, 3.8) is 0 Å². The van der Waals surface area contributed by atoms with Crippen LogP contribution in [-0.4, -0.2) is 0 Å². The molecule has 0 aliphatic rings. The molecule has 0 spiro atoms. The summed E-state index contributed by atoms with van der Waals surface area (Å²) in [5, 5.41) is 0.155. The normalized spacial score (nSPS) is 15.9. The van der Waals surface area contributed by atoms with E-state index in [9.17, 15) is 0 Å². The van der Waals surface area contributed by atoms with Crippen molar-refractivity contribution in [1.29, 1.82) is 0 Å². The molecule has 2 unspecified atom stereocenters. The summed E-state index contributed by atoms with van der Waals surface area (Å²) in [7, 11) is 0. The molecule has 0 saturated heterocycles. The number of alkyl halides is 1. The molecule has 0 nitrogen and oxygen atoms in total.